The molecule has 0 saturated heterocycles. The zero-order valence-corrected chi connectivity index (χ0v) is 19.4. The number of sulfonamides is 1. The van der Waals surface area contributed by atoms with Gasteiger partial charge in [0.2, 0.25) is 0 Å². The van der Waals surface area contributed by atoms with Gasteiger partial charge in [0.15, 0.2) is 0 Å². The van der Waals surface area contributed by atoms with Crippen LogP contribution >= 0.6 is 0 Å². The highest BCUT2D eigenvalue weighted by Crippen LogP contribution is 2.29. The molecule has 3 aromatic rings. The molecular weight excluding hydrogens is 436 g/mol. The van der Waals surface area contributed by atoms with Crippen LogP contribution in [0.5, 0.6) is 0 Å². The first-order valence-electron chi connectivity index (χ1n) is 11.2. The minimum atomic E-state index is -3.83. The molecule has 0 heterocycles. The Morgan fingerprint density at radius 2 is 1.70 bits per heavy atom. The number of benzene rings is 3. The Morgan fingerprint density at radius 3 is 2.39 bits per heavy atom. The Bertz CT molecular complexity index is 1260. The molecular formula is C26H28N2O4S. The van der Waals surface area contributed by atoms with Crippen molar-refractivity contribution in [2.75, 3.05) is 16.2 Å². The van der Waals surface area contributed by atoms with Gasteiger partial charge < -0.3 is 10.0 Å². The smallest absolute Gasteiger partial charge is 0.337 e. The summed E-state index contributed by atoms with van der Waals surface area (Å²) >= 11 is 0. The van der Waals surface area contributed by atoms with Crippen molar-refractivity contribution < 1.29 is 18.3 Å². The van der Waals surface area contributed by atoms with Gasteiger partial charge in [-0.15, -0.1) is 0 Å². The van der Waals surface area contributed by atoms with Crippen LogP contribution in [0.4, 0.5) is 11.4 Å². The van der Waals surface area contributed by atoms with Gasteiger partial charge in [0, 0.05) is 18.8 Å². The Kier molecular flexibility index (Phi) is 6.70. The Morgan fingerprint density at radius 1 is 0.970 bits per heavy atom. The topological polar surface area (TPSA) is 86.7 Å². The molecule has 1 aliphatic rings. The van der Waals surface area contributed by atoms with E-state index in [2.05, 4.69) is 4.72 Å². The third kappa shape index (κ3) is 5.20. The molecule has 0 spiro atoms. The van der Waals surface area contributed by atoms with Crippen molar-refractivity contribution in [3.8, 4) is 0 Å². The van der Waals surface area contributed by atoms with E-state index in [1.54, 1.807) is 24.3 Å². The second kappa shape index (κ2) is 9.67. The van der Waals surface area contributed by atoms with Crippen molar-refractivity contribution in [3.05, 3.63) is 89.0 Å². The van der Waals surface area contributed by atoms with E-state index < -0.39 is 16.0 Å². The van der Waals surface area contributed by atoms with Crippen LogP contribution < -0.4 is 9.62 Å². The maximum atomic E-state index is 13.0. The number of anilines is 2. The number of fused-ring (bicyclic) bond motifs is 1. The second-order valence-corrected chi connectivity index (χ2v) is 9.96. The van der Waals surface area contributed by atoms with Crippen LogP contribution in [0.15, 0.2) is 71.6 Å². The predicted octanol–water partition coefficient (Wildman–Crippen LogP) is 5.09. The van der Waals surface area contributed by atoms with Crippen molar-refractivity contribution in [3.63, 3.8) is 0 Å². The quantitative estimate of drug-likeness (QED) is 0.485. The number of aromatic carboxylic acids is 1. The Hall–Kier alpha value is -3.32. The summed E-state index contributed by atoms with van der Waals surface area (Å²) in [5.41, 5.74) is 4.17. The van der Waals surface area contributed by atoms with Crippen LogP contribution in [0.2, 0.25) is 0 Å². The van der Waals surface area contributed by atoms with Crippen LogP contribution in [0, 0.1) is 0 Å². The lowest BCUT2D eigenvalue weighted by Crippen LogP contribution is -2.24. The lowest BCUT2D eigenvalue weighted by molar-refractivity contribution is 0.0697. The minimum Gasteiger partial charge on any atom is -0.478 e. The van der Waals surface area contributed by atoms with E-state index in [1.165, 1.54) is 11.6 Å². The zero-order chi connectivity index (χ0) is 23.4. The molecule has 6 nitrogen and oxygen atoms in total. The number of carboxylic acid groups (broad SMARTS) is 1. The highest BCUT2D eigenvalue weighted by atomic mass is 32.2. The van der Waals surface area contributed by atoms with Crippen molar-refractivity contribution in [2.24, 2.45) is 0 Å². The zero-order valence-electron chi connectivity index (χ0n) is 18.6. The van der Waals surface area contributed by atoms with Crippen molar-refractivity contribution in [1.29, 1.82) is 0 Å². The maximum Gasteiger partial charge on any atom is 0.337 e. The van der Waals surface area contributed by atoms with Crippen molar-refractivity contribution in [1.82, 2.24) is 0 Å². The summed E-state index contributed by atoms with van der Waals surface area (Å²) in [6, 6.07) is 19.7. The first kappa shape index (κ1) is 22.9. The number of aryl methyl sites for hydroxylation is 2. The first-order chi connectivity index (χ1) is 15.9. The highest BCUT2D eigenvalue weighted by Gasteiger charge is 2.21. The highest BCUT2D eigenvalue weighted by molar-refractivity contribution is 7.92. The number of carboxylic acids is 1. The van der Waals surface area contributed by atoms with Gasteiger partial charge in [0.1, 0.15) is 0 Å². The molecule has 7 heteroatoms. The molecule has 0 saturated carbocycles. The first-order valence-corrected chi connectivity index (χ1v) is 12.7. The lowest BCUT2D eigenvalue weighted by atomic mass is 9.92. The molecule has 0 radical (unpaired) electrons. The summed E-state index contributed by atoms with van der Waals surface area (Å²) in [6.45, 7) is 3.12. The van der Waals surface area contributed by atoms with Gasteiger partial charge in [-0.1, -0.05) is 36.4 Å². The van der Waals surface area contributed by atoms with E-state index in [0.29, 0.717) is 18.8 Å². The number of nitrogens with one attached hydrogen (secondary N) is 1. The molecule has 0 aromatic heterocycles. The molecule has 3 aromatic carbocycles. The minimum absolute atomic E-state index is 0.0541. The molecule has 4 rings (SSSR count). The maximum absolute atomic E-state index is 13.0. The summed E-state index contributed by atoms with van der Waals surface area (Å²) < 4.78 is 28.6. The molecule has 1 aliphatic carbocycles. The third-order valence-electron chi connectivity index (χ3n) is 6.05. The number of carbonyl (C=O) groups is 1. The fourth-order valence-corrected chi connectivity index (χ4v) is 5.41. The molecule has 0 bridgehead atoms. The fraction of sp³-hybridized carbons (Fsp3) is 0.269. The Labute approximate surface area is 194 Å². The van der Waals surface area contributed by atoms with Crippen LogP contribution in [-0.4, -0.2) is 26.0 Å². The predicted molar refractivity (Wildman–Crippen MR) is 130 cm³/mol. The molecule has 0 unspecified atom stereocenters. The van der Waals surface area contributed by atoms with E-state index in [9.17, 15) is 18.3 Å². The van der Waals surface area contributed by atoms with Gasteiger partial charge in [0.25, 0.3) is 10.0 Å². The number of hydrogen-bond donors (Lipinski definition) is 2. The summed E-state index contributed by atoms with van der Waals surface area (Å²) in [7, 11) is -3.83. The van der Waals surface area contributed by atoms with E-state index in [1.807, 2.05) is 48.2 Å². The molecule has 172 valence electrons. The van der Waals surface area contributed by atoms with Gasteiger partial charge in [0.05, 0.1) is 16.1 Å². The Balaban J connectivity index is 1.61. The number of hydrogen-bond acceptors (Lipinski definition) is 4. The fourth-order valence-electron chi connectivity index (χ4n) is 4.31. The van der Waals surface area contributed by atoms with Gasteiger partial charge in [-0.2, -0.15) is 0 Å². The van der Waals surface area contributed by atoms with Gasteiger partial charge in [-0.3, -0.25) is 4.72 Å². The van der Waals surface area contributed by atoms with Gasteiger partial charge in [-0.25, -0.2) is 13.2 Å². The molecule has 0 fully saturated rings. The van der Waals surface area contributed by atoms with Gasteiger partial charge in [-0.05, 0) is 79.6 Å². The average Bonchev–Trinajstić information content (AvgIpc) is 2.82. The second-order valence-electron chi connectivity index (χ2n) is 8.28. The molecule has 33 heavy (non-hydrogen) atoms. The number of rotatable bonds is 8. The monoisotopic (exact) mass is 464 g/mol. The van der Waals surface area contributed by atoms with Crippen LogP contribution in [-0.2, 0) is 29.4 Å². The molecule has 0 aliphatic heterocycles. The van der Waals surface area contributed by atoms with E-state index in [4.69, 9.17) is 0 Å². The molecule has 2 N–H and O–H groups in total. The lowest BCUT2D eigenvalue weighted by Gasteiger charge is -2.25. The van der Waals surface area contributed by atoms with Crippen LogP contribution in [0.1, 0.15) is 46.8 Å². The SMILES string of the molecule is CCN(Cc1ccccc1)c1ccc(NS(=O)(=O)c2ccc3c(c2)CCCC3)cc1C(=O)O. The van der Waals surface area contributed by atoms with Crippen molar-refractivity contribution >= 4 is 27.4 Å². The molecule has 0 atom stereocenters. The standard InChI is InChI=1S/C26H28N2O4S/c1-2-28(18-19-8-4-3-5-9-19)25-15-13-22(17-24(25)26(29)30)27-33(31,32)23-14-12-20-10-6-7-11-21(20)16-23/h3-5,8-9,12-17,27H,2,6-7,10-11,18H2,1H3,(H,29,30). The summed E-state index contributed by atoms with van der Waals surface area (Å²) in [4.78, 5) is 14.2. The van der Waals surface area contributed by atoms with Crippen LogP contribution in [0.3, 0.4) is 0 Å². The van der Waals surface area contributed by atoms with E-state index in [0.717, 1.165) is 36.8 Å². The van der Waals surface area contributed by atoms with Crippen molar-refractivity contribution in [2.45, 2.75) is 44.0 Å². The average molecular weight is 465 g/mol. The third-order valence-corrected chi connectivity index (χ3v) is 7.43. The van der Waals surface area contributed by atoms with E-state index in [-0.39, 0.29) is 16.1 Å². The largest absolute Gasteiger partial charge is 0.478 e. The van der Waals surface area contributed by atoms with Gasteiger partial charge >= 0.3 is 5.97 Å². The number of nitrogens with zero attached hydrogens (tertiary/aromatic N) is 1. The normalized spacial score (nSPS) is 13.2. The van der Waals surface area contributed by atoms with Crippen LogP contribution in [0.25, 0.3) is 0 Å². The summed E-state index contributed by atoms with van der Waals surface area (Å²) in [5, 5.41) is 9.84. The molecule has 0 amide bonds. The summed E-state index contributed by atoms with van der Waals surface area (Å²) in [6.07, 6.45) is 4.04. The van der Waals surface area contributed by atoms with E-state index >= 15 is 0 Å². The summed E-state index contributed by atoms with van der Waals surface area (Å²) in [5.74, 6) is -1.11.